The second kappa shape index (κ2) is 7.54. The Hall–Kier alpha value is -1.02. The van der Waals surface area contributed by atoms with E-state index in [4.69, 9.17) is 0 Å². The first-order valence-corrected chi connectivity index (χ1v) is 7.91. The number of hydrogen-bond donors (Lipinski definition) is 1. The van der Waals surface area contributed by atoms with E-state index in [0.717, 1.165) is 6.54 Å². The predicted molar refractivity (Wildman–Crippen MR) is 84.0 cm³/mol. The highest BCUT2D eigenvalue weighted by Crippen LogP contribution is 2.26. The van der Waals surface area contributed by atoms with Crippen LogP contribution in [0.3, 0.4) is 0 Å². The number of nitrogens with zero attached hydrogens (tertiary/aromatic N) is 1. The first kappa shape index (κ1) is 14.4. The Balaban J connectivity index is 1.84. The molecule has 1 aromatic rings. The highest BCUT2D eigenvalue weighted by Gasteiger charge is 2.15. The van der Waals surface area contributed by atoms with Gasteiger partial charge in [0.1, 0.15) is 0 Å². The van der Waals surface area contributed by atoms with Crippen molar-refractivity contribution in [1.29, 1.82) is 0 Å². The van der Waals surface area contributed by atoms with Crippen LogP contribution in [0.25, 0.3) is 0 Å². The lowest BCUT2D eigenvalue weighted by Gasteiger charge is -2.31. The van der Waals surface area contributed by atoms with E-state index in [1.165, 1.54) is 56.4 Å². The zero-order valence-electron chi connectivity index (χ0n) is 12.5. The van der Waals surface area contributed by atoms with Crippen LogP contribution in [-0.4, -0.2) is 25.7 Å². The zero-order chi connectivity index (χ0) is 13.5. The molecule has 1 N–H and O–H groups in total. The number of fused-ring (bicyclic) bond motifs is 1. The molecule has 0 bridgehead atoms. The van der Waals surface area contributed by atoms with Gasteiger partial charge < -0.3 is 10.2 Å². The molecule has 1 heterocycles. The number of anilines is 1. The molecule has 1 aliphatic rings. The summed E-state index contributed by atoms with van der Waals surface area (Å²) >= 11 is 0. The molecule has 1 aliphatic heterocycles. The highest BCUT2D eigenvalue weighted by molar-refractivity contribution is 5.55. The van der Waals surface area contributed by atoms with E-state index in [9.17, 15) is 0 Å². The molecule has 0 fully saturated rings. The average molecular weight is 260 g/mol. The van der Waals surface area contributed by atoms with Crippen LogP contribution in [-0.2, 0) is 6.42 Å². The highest BCUT2D eigenvalue weighted by atomic mass is 15.1. The topological polar surface area (TPSA) is 15.3 Å². The number of hydrogen-bond acceptors (Lipinski definition) is 2. The molecule has 2 heteroatoms. The molecule has 1 aromatic carbocycles. The average Bonchev–Trinajstić information content (AvgIpc) is 2.46. The van der Waals surface area contributed by atoms with Crippen LogP contribution in [0.4, 0.5) is 5.69 Å². The minimum atomic E-state index is 0.699. The van der Waals surface area contributed by atoms with Gasteiger partial charge in [0.15, 0.2) is 0 Å². The molecular weight excluding hydrogens is 232 g/mol. The summed E-state index contributed by atoms with van der Waals surface area (Å²) in [6.07, 6.45) is 6.39. The molecule has 2 nitrogen and oxygen atoms in total. The van der Waals surface area contributed by atoms with Gasteiger partial charge >= 0.3 is 0 Å². The molecule has 0 saturated heterocycles. The molecule has 0 spiro atoms. The molecule has 19 heavy (non-hydrogen) atoms. The largest absolute Gasteiger partial charge is 0.371 e. The normalized spacial score (nSPS) is 16.2. The molecule has 106 valence electrons. The lowest BCUT2D eigenvalue weighted by atomic mass is 10.0. The first-order chi connectivity index (χ1) is 9.35. The summed E-state index contributed by atoms with van der Waals surface area (Å²) in [5.41, 5.74) is 3.01. The molecule has 0 saturated carbocycles. The van der Waals surface area contributed by atoms with E-state index in [1.807, 2.05) is 0 Å². The second-order valence-electron chi connectivity index (χ2n) is 5.52. The molecule has 1 unspecified atom stereocenters. The maximum Gasteiger partial charge on any atom is 0.0398 e. The SMILES string of the molecule is CCNC(CC)CCCN1CCCc2ccccc21. The van der Waals surface area contributed by atoms with Gasteiger partial charge in [-0.2, -0.15) is 0 Å². The minimum Gasteiger partial charge on any atom is -0.371 e. The van der Waals surface area contributed by atoms with Crippen molar-refractivity contribution < 1.29 is 0 Å². The number of para-hydroxylation sites is 1. The summed E-state index contributed by atoms with van der Waals surface area (Å²) in [6.45, 7) is 8.01. The molecule has 0 amide bonds. The quantitative estimate of drug-likeness (QED) is 0.805. The van der Waals surface area contributed by atoms with Crippen molar-refractivity contribution >= 4 is 5.69 Å². The standard InChI is InChI=1S/C17H28N2/c1-3-16(18-4-2)11-8-14-19-13-7-10-15-9-5-6-12-17(15)19/h5-6,9,12,16,18H,3-4,7-8,10-11,13-14H2,1-2H3. The summed E-state index contributed by atoms with van der Waals surface area (Å²) in [6, 6.07) is 9.61. The van der Waals surface area contributed by atoms with Gasteiger partial charge in [0, 0.05) is 24.8 Å². The van der Waals surface area contributed by atoms with Gasteiger partial charge in [0.05, 0.1) is 0 Å². The van der Waals surface area contributed by atoms with Crippen molar-refractivity contribution in [3.8, 4) is 0 Å². The van der Waals surface area contributed by atoms with Crippen LogP contribution in [0, 0.1) is 0 Å². The van der Waals surface area contributed by atoms with E-state index in [2.05, 4.69) is 48.3 Å². The zero-order valence-corrected chi connectivity index (χ0v) is 12.5. The summed E-state index contributed by atoms with van der Waals surface area (Å²) in [4.78, 5) is 2.58. The van der Waals surface area contributed by atoms with Crippen LogP contribution in [0.2, 0.25) is 0 Å². The van der Waals surface area contributed by atoms with Crippen molar-refractivity contribution in [2.75, 3.05) is 24.5 Å². The molecule has 2 rings (SSSR count). The minimum absolute atomic E-state index is 0.699. The summed E-state index contributed by atoms with van der Waals surface area (Å²) < 4.78 is 0. The van der Waals surface area contributed by atoms with Gasteiger partial charge in [-0.1, -0.05) is 32.0 Å². The third-order valence-corrected chi connectivity index (χ3v) is 4.17. The molecule has 0 radical (unpaired) electrons. The van der Waals surface area contributed by atoms with Crippen LogP contribution in [0.15, 0.2) is 24.3 Å². The van der Waals surface area contributed by atoms with Crippen LogP contribution in [0.5, 0.6) is 0 Å². The smallest absolute Gasteiger partial charge is 0.0398 e. The lowest BCUT2D eigenvalue weighted by Crippen LogP contribution is -2.33. The monoisotopic (exact) mass is 260 g/mol. The molecule has 0 aromatic heterocycles. The van der Waals surface area contributed by atoms with Crippen molar-refractivity contribution in [2.45, 2.75) is 52.0 Å². The fourth-order valence-corrected chi connectivity index (χ4v) is 3.11. The van der Waals surface area contributed by atoms with E-state index >= 15 is 0 Å². The maximum atomic E-state index is 3.57. The van der Waals surface area contributed by atoms with Gasteiger partial charge in [-0.25, -0.2) is 0 Å². The number of rotatable bonds is 7. The first-order valence-electron chi connectivity index (χ1n) is 7.91. The summed E-state index contributed by atoms with van der Waals surface area (Å²) in [7, 11) is 0. The van der Waals surface area contributed by atoms with E-state index in [0.29, 0.717) is 6.04 Å². The van der Waals surface area contributed by atoms with E-state index in [-0.39, 0.29) is 0 Å². The third kappa shape index (κ3) is 3.97. The van der Waals surface area contributed by atoms with Gasteiger partial charge in [-0.3, -0.25) is 0 Å². The Bertz CT molecular complexity index is 375. The number of aryl methyl sites for hydroxylation is 1. The van der Waals surface area contributed by atoms with Gasteiger partial charge in [-0.05, 0) is 50.3 Å². The molecule has 0 aliphatic carbocycles. The maximum absolute atomic E-state index is 3.57. The number of benzene rings is 1. The van der Waals surface area contributed by atoms with E-state index in [1.54, 1.807) is 0 Å². The Morgan fingerprint density at radius 2 is 2.11 bits per heavy atom. The van der Waals surface area contributed by atoms with Crippen molar-refractivity contribution in [1.82, 2.24) is 5.32 Å². The van der Waals surface area contributed by atoms with Crippen molar-refractivity contribution in [2.24, 2.45) is 0 Å². The Morgan fingerprint density at radius 1 is 1.26 bits per heavy atom. The summed E-state index contributed by atoms with van der Waals surface area (Å²) in [5, 5.41) is 3.57. The second-order valence-corrected chi connectivity index (χ2v) is 5.52. The van der Waals surface area contributed by atoms with Crippen molar-refractivity contribution in [3.63, 3.8) is 0 Å². The van der Waals surface area contributed by atoms with Crippen molar-refractivity contribution in [3.05, 3.63) is 29.8 Å². The van der Waals surface area contributed by atoms with E-state index < -0.39 is 0 Å². The predicted octanol–water partition coefficient (Wildman–Crippen LogP) is 3.61. The fraction of sp³-hybridized carbons (Fsp3) is 0.647. The number of nitrogens with one attached hydrogen (secondary N) is 1. The Labute approximate surface area is 118 Å². The van der Waals surface area contributed by atoms with Gasteiger partial charge in [0.25, 0.3) is 0 Å². The summed E-state index contributed by atoms with van der Waals surface area (Å²) in [5.74, 6) is 0. The molecular formula is C17H28N2. The van der Waals surface area contributed by atoms with Gasteiger partial charge in [0.2, 0.25) is 0 Å². The van der Waals surface area contributed by atoms with Crippen LogP contribution in [0.1, 0.15) is 45.1 Å². The van der Waals surface area contributed by atoms with Crippen LogP contribution >= 0.6 is 0 Å². The Kier molecular flexibility index (Phi) is 5.71. The van der Waals surface area contributed by atoms with Crippen LogP contribution < -0.4 is 10.2 Å². The molecule has 1 atom stereocenters. The third-order valence-electron chi connectivity index (χ3n) is 4.17. The fourth-order valence-electron chi connectivity index (χ4n) is 3.11. The Morgan fingerprint density at radius 3 is 2.89 bits per heavy atom. The van der Waals surface area contributed by atoms with Gasteiger partial charge in [-0.15, -0.1) is 0 Å². The lowest BCUT2D eigenvalue weighted by molar-refractivity contribution is 0.464.